The third-order valence-electron chi connectivity index (χ3n) is 2.15. The summed E-state index contributed by atoms with van der Waals surface area (Å²) < 4.78 is 0. The van der Waals surface area contributed by atoms with Gasteiger partial charge in [0.2, 0.25) is 0 Å². The summed E-state index contributed by atoms with van der Waals surface area (Å²) in [5.41, 5.74) is 1.83. The van der Waals surface area contributed by atoms with E-state index in [4.69, 9.17) is 16.7 Å². The average Bonchev–Trinajstić information content (AvgIpc) is 2.11. The molecule has 0 amide bonds. The van der Waals surface area contributed by atoms with Crippen molar-refractivity contribution in [2.75, 3.05) is 5.32 Å². The highest BCUT2D eigenvalue weighted by Gasteiger charge is 2.09. The molecule has 0 heterocycles. The molecule has 2 N–H and O–H groups in total. The average molecular weight is 228 g/mol. The molecule has 0 fully saturated rings. The van der Waals surface area contributed by atoms with Crippen molar-refractivity contribution in [1.82, 2.24) is 0 Å². The van der Waals surface area contributed by atoms with E-state index in [2.05, 4.69) is 5.32 Å². The third-order valence-corrected chi connectivity index (χ3v) is 2.56. The normalized spacial score (nSPS) is 12.2. The predicted molar refractivity (Wildman–Crippen MR) is 61.5 cm³/mol. The molecule has 0 aliphatic rings. The van der Waals surface area contributed by atoms with Gasteiger partial charge in [-0.25, -0.2) is 0 Å². The van der Waals surface area contributed by atoms with E-state index in [1.807, 2.05) is 32.0 Å². The predicted octanol–water partition coefficient (Wildman–Crippen LogP) is 2.92. The zero-order valence-corrected chi connectivity index (χ0v) is 9.51. The summed E-state index contributed by atoms with van der Waals surface area (Å²) in [6.45, 7) is 3.73. The van der Waals surface area contributed by atoms with Gasteiger partial charge in [-0.3, -0.25) is 4.79 Å². The molecule has 0 aromatic heterocycles. The van der Waals surface area contributed by atoms with E-state index < -0.39 is 5.97 Å². The number of hydrogen-bond donors (Lipinski definition) is 2. The van der Waals surface area contributed by atoms with E-state index in [-0.39, 0.29) is 12.5 Å². The van der Waals surface area contributed by atoms with Crippen molar-refractivity contribution in [2.24, 2.45) is 0 Å². The van der Waals surface area contributed by atoms with Crippen LogP contribution in [-0.4, -0.2) is 17.1 Å². The Morgan fingerprint density at radius 1 is 1.60 bits per heavy atom. The van der Waals surface area contributed by atoms with Crippen LogP contribution in [0.5, 0.6) is 0 Å². The van der Waals surface area contributed by atoms with Crippen LogP contribution in [0.4, 0.5) is 5.69 Å². The fraction of sp³-hybridized carbons (Fsp3) is 0.364. The lowest BCUT2D eigenvalue weighted by Gasteiger charge is -2.15. The highest BCUT2D eigenvalue weighted by Crippen LogP contribution is 2.23. The molecule has 0 saturated heterocycles. The van der Waals surface area contributed by atoms with Crippen LogP contribution in [0.1, 0.15) is 18.9 Å². The first-order chi connectivity index (χ1) is 7.00. The minimum Gasteiger partial charge on any atom is -0.481 e. The van der Waals surface area contributed by atoms with Gasteiger partial charge in [0.15, 0.2) is 0 Å². The molecule has 1 unspecified atom stereocenters. The molecule has 0 saturated carbocycles. The maximum Gasteiger partial charge on any atom is 0.305 e. The molecule has 0 spiro atoms. The molecule has 1 rings (SSSR count). The van der Waals surface area contributed by atoms with Crippen molar-refractivity contribution in [3.8, 4) is 0 Å². The monoisotopic (exact) mass is 227 g/mol. The van der Waals surface area contributed by atoms with Crippen LogP contribution in [0.25, 0.3) is 0 Å². The Bertz CT molecular complexity index is 366. The van der Waals surface area contributed by atoms with Crippen molar-refractivity contribution in [3.63, 3.8) is 0 Å². The van der Waals surface area contributed by atoms with Crippen LogP contribution >= 0.6 is 11.6 Å². The first kappa shape index (κ1) is 11.9. The van der Waals surface area contributed by atoms with Gasteiger partial charge in [-0.15, -0.1) is 0 Å². The lowest BCUT2D eigenvalue weighted by atomic mass is 10.1. The summed E-state index contributed by atoms with van der Waals surface area (Å²) in [4.78, 5) is 10.5. The van der Waals surface area contributed by atoms with Gasteiger partial charge in [0.1, 0.15) is 0 Å². The van der Waals surface area contributed by atoms with Gasteiger partial charge in [-0.05, 0) is 31.5 Å². The topological polar surface area (TPSA) is 49.3 Å². The van der Waals surface area contributed by atoms with Crippen molar-refractivity contribution < 1.29 is 9.90 Å². The molecule has 1 aromatic carbocycles. The first-order valence-corrected chi connectivity index (χ1v) is 5.12. The Labute approximate surface area is 94.1 Å². The van der Waals surface area contributed by atoms with Gasteiger partial charge in [0.25, 0.3) is 0 Å². The molecular weight excluding hydrogens is 214 g/mol. The second-order valence-electron chi connectivity index (χ2n) is 3.56. The zero-order chi connectivity index (χ0) is 11.4. The standard InChI is InChI=1S/C11H14ClNO2/c1-7(6-11(14)15)13-10-5-3-4-9(12)8(10)2/h3-5,7,13H,6H2,1-2H3,(H,14,15). The highest BCUT2D eigenvalue weighted by molar-refractivity contribution is 6.31. The molecule has 3 nitrogen and oxygen atoms in total. The molecule has 82 valence electrons. The summed E-state index contributed by atoms with van der Waals surface area (Å²) in [5.74, 6) is -0.810. The van der Waals surface area contributed by atoms with Crippen LogP contribution in [-0.2, 0) is 4.79 Å². The Hall–Kier alpha value is -1.22. The molecule has 15 heavy (non-hydrogen) atoms. The van der Waals surface area contributed by atoms with Crippen LogP contribution in [0.2, 0.25) is 5.02 Å². The lowest BCUT2D eigenvalue weighted by Crippen LogP contribution is -2.19. The number of hydrogen-bond acceptors (Lipinski definition) is 2. The second-order valence-corrected chi connectivity index (χ2v) is 3.96. The molecule has 4 heteroatoms. The number of aliphatic carboxylic acids is 1. The molecule has 0 radical (unpaired) electrons. The van der Waals surface area contributed by atoms with Crippen LogP contribution in [0, 0.1) is 6.92 Å². The fourth-order valence-electron chi connectivity index (χ4n) is 1.34. The quantitative estimate of drug-likeness (QED) is 0.832. The number of benzene rings is 1. The van der Waals surface area contributed by atoms with Crippen molar-refractivity contribution in [1.29, 1.82) is 0 Å². The van der Waals surface area contributed by atoms with Gasteiger partial charge >= 0.3 is 5.97 Å². The maximum atomic E-state index is 10.5. The Kier molecular flexibility index (Phi) is 3.97. The summed E-state index contributed by atoms with van der Waals surface area (Å²) >= 11 is 5.95. The third kappa shape index (κ3) is 3.44. The number of carboxylic acids is 1. The number of anilines is 1. The van der Waals surface area contributed by atoms with Gasteiger partial charge < -0.3 is 10.4 Å². The summed E-state index contributed by atoms with van der Waals surface area (Å²) in [5, 5.41) is 12.4. The van der Waals surface area contributed by atoms with Crippen LogP contribution in [0.3, 0.4) is 0 Å². The number of rotatable bonds is 4. The van der Waals surface area contributed by atoms with Gasteiger partial charge in [-0.2, -0.15) is 0 Å². The minimum atomic E-state index is -0.810. The molecule has 1 atom stereocenters. The molecule has 0 aliphatic heterocycles. The SMILES string of the molecule is Cc1c(Cl)cccc1NC(C)CC(=O)O. The van der Waals surface area contributed by atoms with E-state index in [0.29, 0.717) is 5.02 Å². The van der Waals surface area contributed by atoms with Crippen molar-refractivity contribution >= 4 is 23.3 Å². The number of nitrogens with one attached hydrogen (secondary N) is 1. The van der Waals surface area contributed by atoms with Crippen LogP contribution in [0.15, 0.2) is 18.2 Å². The van der Waals surface area contributed by atoms with Gasteiger partial charge in [0, 0.05) is 16.8 Å². The largest absolute Gasteiger partial charge is 0.481 e. The van der Waals surface area contributed by atoms with E-state index in [1.54, 1.807) is 0 Å². The van der Waals surface area contributed by atoms with E-state index in [0.717, 1.165) is 11.3 Å². The second kappa shape index (κ2) is 5.03. The highest BCUT2D eigenvalue weighted by atomic mass is 35.5. The Morgan fingerprint density at radius 2 is 2.27 bits per heavy atom. The molecular formula is C11H14ClNO2. The summed E-state index contributed by atoms with van der Waals surface area (Å²) in [7, 11) is 0. The first-order valence-electron chi connectivity index (χ1n) is 4.74. The molecule has 1 aromatic rings. The zero-order valence-electron chi connectivity index (χ0n) is 8.75. The van der Waals surface area contributed by atoms with E-state index in [1.165, 1.54) is 0 Å². The van der Waals surface area contributed by atoms with E-state index in [9.17, 15) is 4.79 Å². The number of halogens is 1. The van der Waals surface area contributed by atoms with Crippen molar-refractivity contribution in [2.45, 2.75) is 26.3 Å². The van der Waals surface area contributed by atoms with E-state index >= 15 is 0 Å². The van der Waals surface area contributed by atoms with Crippen LogP contribution < -0.4 is 5.32 Å². The smallest absolute Gasteiger partial charge is 0.305 e. The number of carbonyl (C=O) groups is 1. The van der Waals surface area contributed by atoms with Gasteiger partial charge in [-0.1, -0.05) is 17.7 Å². The van der Waals surface area contributed by atoms with Crippen molar-refractivity contribution in [3.05, 3.63) is 28.8 Å². The maximum absolute atomic E-state index is 10.5. The summed E-state index contributed by atoms with van der Waals surface area (Å²) in [6.07, 6.45) is 0.0892. The summed E-state index contributed by atoms with van der Waals surface area (Å²) in [6, 6.07) is 5.42. The molecule has 0 aliphatic carbocycles. The Morgan fingerprint density at radius 3 is 2.87 bits per heavy atom. The lowest BCUT2D eigenvalue weighted by molar-refractivity contribution is -0.137. The minimum absolute atomic E-state index is 0.0892. The molecule has 0 bridgehead atoms. The fourth-order valence-corrected chi connectivity index (χ4v) is 1.52. The van der Waals surface area contributed by atoms with Gasteiger partial charge in [0.05, 0.1) is 6.42 Å². The Balaban J connectivity index is 2.72. The number of carboxylic acid groups (broad SMARTS) is 1.